The first kappa shape index (κ1) is 14.6. The molecule has 0 fully saturated rings. The molecule has 1 rings (SSSR count). The Bertz CT molecular complexity index is 454. The maximum absolute atomic E-state index is 12.1. The number of carbonyl (C=O) groups excluding carboxylic acids is 2. The Morgan fingerprint density at radius 2 is 1.94 bits per heavy atom. The summed E-state index contributed by atoms with van der Waals surface area (Å²) in [5, 5.41) is 3.52. The average molecular weight is 270 g/mol. The minimum atomic E-state index is -0.635. The Morgan fingerprint density at radius 1 is 1.33 bits per heavy atom. The molecule has 0 aliphatic heterocycles. The van der Waals surface area contributed by atoms with Crippen molar-refractivity contribution in [2.45, 2.75) is 33.7 Å². The molecule has 0 aromatic carbocycles. The summed E-state index contributed by atoms with van der Waals surface area (Å²) >= 11 is 1.32. The molecule has 1 amide bonds. The minimum absolute atomic E-state index is 0.0317. The van der Waals surface area contributed by atoms with E-state index in [4.69, 9.17) is 0 Å². The average Bonchev–Trinajstić information content (AvgIpc) is 2.63. The molecule has 18 heavy (non-hydrogen) atoms. The summed E-state index contributed by atoms with van der Waals surface area (Å²) < 4.78 is 4.68. The van der Waals surface area contributed by atoms with Crippen LogP contribution in [-0.2, 0) is 9.53 Å². The van der Waals surface area contributed by atoms with Crippen LogP contribution in [0.1, 0.15) is 34.2 Å². The van der Waals surface area contributed by atoms with E-state index in [2.05, 4.69) is 15.0 Å². The molecule has 5 nitrogen and oxygen atoms in total. The number of nitrogens with one attached hydrogen (secondary N) is 1. The van der Waals surface area contributed by atoms with E-state index in [1.54, 1.807) is 6.92 Å². The monoisotopic (exact) mass is 270 g/mol. The molecule has 6 heteroatoms. The van der Waals surface area contributed by atoms with Crippen molar-refractivity contribution in [3.63, 3.8) is 0 Å². The van der Waals surface area contributed by atoms with Gasteiger partial charge < -0.3 is 10.1 Å². The fourth-order valence-corrected chi connectivity index (χ4v) is 2.40. The first-order valence-corrected chi connectivity index (χ1v) is 6.51. The molecule has 100 valence electrons. The first-order chi connectivity index (χ1) is 8.36. The molecule has 0 radical (unpaired) electrons. The van der Waals surface area contributed by atoms with Crippen molar-refractivity contribution in [3.05, 3.63) is 15.6 Å². The van der Waals surface area contributed by atoms with Gasteiger partial charge in [-0.3, -0.25) is 4.79 Å². The highest BCUT2D eigenvalue weighted by molar-refractivity contribution is 7.13. The summed E-state index contributed by atoms with van der Waals surface area (Å²) in [5.41, 5.74) is 0.683. The lowest BCUT2D eigenvalue weighted by Gasteiger charge is -2.19. The van der Waals surface area contributed by atoms with E-state index in [0.717, 1.165) is 5.01 Å². The van der Waals surface area contributed by atoms with Crippen LogP contribution in [0.25, 0.3) is 0 Å². The van der Waals surface area contributed by atoms with E-state index in [-0.39, 0.29) is 11.8 Å². The van der Waals surface area contributed by atoms with Crippen LogP contribution in [0.15, 0.2) is 0 Å². The van der Waals surface area contributed by atoms with Crippen molar-refractivity contribution >= 4 is 23.2 Å². The standard InChI is InChI=1S/C12H18N2O3S/c1-6(2)9(12(16)17-5)14-11(15)10-7(3)13-8(4)18-10/h6,9H,1-5H3,(H,14,15). The van der Waals surface area contributed by atoms with Crippen LogP contribution in [0.4, 0.5) is 0 Å². The second kappa shape index (κ2) is 5.95. The minimum Gasteiger partial charge on any atom is -0.467 e. The third kappa shape index (κ3) is 3.29. The summed E-state index contributed by atoms with van der Waals surface area (Å²) in [6.45, 7) is 7.33. The van der Waals surface area contributed by atoms with E-state index in [0.29, 0.717) is 10.6 Å². The molecule has 1 aromatic heterocycles. The van der Waals surface area contributed by atoms with Gasteiger partial charge in [-0.05, 0) is 19.8 Å². The van der Waals surface area contributed by atoms with Gasteiger partial charge in [-0.1, -0.05) is 13.8 Å². The van der Waals surface area contributed by atoms with Gasteiger partial charge in [0.15, 0.2) is 0 Å². The molecule has 1 N–H and O–H groups in total. The van der Waals surface area contributed by atoms with Crippen LogP contribution >= 0.6 is 11.3 Å². The number of carbonyl (C=O) groups is 2. The Morgan fingerprint density at radius 3 is 2.33 bits per heavy atom. The zero-order chi connectivity index (χ0) is 13.9. The third-order valence-corrected chi connectivity index (χ3v) is 3.59. The number of esters is 1. The first-order valence-electron chi connectivity index (χ1n) is 5.69. The predicted molar refractivity (Wildman–Crippen MR) is 69.7 cm³/mol. The van der Waals surface area contributed by atoms with Crippen LogP contribution in [0.3, 0.4) is 0 Å². The number of rotatable bonds is 4. The van der Waals surface area contributed by atoms with Gasteiger partial charge in [0.2, 0.25) is 0 Å². The maximum Gasteiger partial charge on any atom is 0.328 e. The topological polar surface area (TPSA) is 68.3 Å². The van der Waals surface area contributed by atoms with Crippen LogP contribution in [0.5, 0.6) is 0 Å². The Labute approximate surface area is 111 Å². The van der Waals surface area contributed by atoms with Crippen LogP contribution in [-0.4, -0.2) is 30.0 Å². The van der Waals surface area contributed by atoms with Gasteiger partial charge in [0.25, 0.3) is 5.91 Å². The number of aromatic nitrogens is 1. The zero-order valence-electron chi connectivity index (χ0n) is 11.2. The third-order valence-electron chi connectivity index (χ3n) is 2.52. The van der Waals surface area contributed by atoms with E-state index < -0.39 is 12.0 Å². The molecule has 0 saturated heterocycles. The maximum atomic E-state index is 12.1. The quantitative estimate of drug-likeness (QED) is 0.845. The fourth-order valence-electron chi connectivity index (χ4n) is 1.57. The van der Waals surface area contributed by atoms with E-state index >= 15 is 0 Å². The fraction of sp³-hybridized carbons (Fsp3) is 0.583. The van der Waals surface area contributed by atoms with Crippen LogP contribution < -0.4 is 5.32 Å². The molecule has 1 aromatic rings. The van der Waals surface area contributed by atoms with Crippen molar-refractivity contribution in [1.29, 1.82) is 0 Å². The molecule has 1 unspecified atom stereocenters. The number of methoxy groups -OCH3 is 1. The van der Waals surface area contributed by atoms with Crippen molar-refractivity contribution in [1.82, 2.24) is 10.3 Å². The largest absolute Gasteiger partial charge is 0.467 e. The van der Waals surface area contributed by atoms with Crippen molar-refractivity contribution < 1.29 is 14.3 Å². The van der Waals surface area contributed by atoms with Gasteiger partial charge in [0, 0.05) is 0 Å². The second-order valence-corrected chi connectivity index (χ2v) is 5.57. The molecule has 1 heterocycles. The van der Waals surface area contributed by atoms with Crippen LogP contribution in [0, 0.1) is 19.8 Å². The number of hydrogen-bond donors (Lipinski definition) is 1. The van der Waals surface area contributed by atoms with Crippen molar-refractivity contribution in [2.75, 3.05) is 7.11 Å². The van der Waals surface area contributed by atoms with Gasteiger partial charge in [-0.25, -0.2) is 9.78 Å². The van der Waals surface area contributed by atoms with Gasteiger partial charge in [-0.15, -0.1) is 11.3 Å². The highest BCUT2D eigenvalue weighted by Crippen LogP contribution is 2.17. The van der Waals surface area contributed by atoms with E-state index in [1.807, 2.05) is 20.8 Å². The lowest BCUT2D eigenvalue weighted by atomic mass is 10.0. The summed E-state index contributed by atoms with van der Waals surface area (Å²) in [6, 6.07) is -0.635. The van der Waals surface area contributed by atoms with Gasteiger partial charge >= 0.3 is 5.97 Å². The smallest absolute Gasteiger partial charge is 0.328 e. The predicted octanol–water partition coefficient (Wildman–Crippen LogP) is 1.69. The van der Waals surface area contributed by atoms with Crippen molar-refractivity contribution in [2.24, 2.45) is 5.92 Å². The highest BCUT2D eigenvalue weighted by Gasteiger charge is 2.26. The number of aryl methyl sites for hydroxylation is 2. The summed E-state index contributed by atoms with van der Waals surface area (Å²) in [7, 11) is 1.31. The molecule has 0 bridgehead atoms. The highest BCUT2D eigenvalue weighted by atomic mass is 32.1. The number of thiazole rings is 1. The number of hydrogen-bond acceptors (Lipinski definition) is 5. The molecule has 0 spiro atoms. The second-order valence-electron chi connectivity index (χ2n) is 4.37. The Balaban J connectivity index is 2.85. The number of ether oxygens (including phenoxy) is 1. The molecule has 0 saturated carbocycles. The lowest BCUT2D eigenvalue weighted by Crippen LogP contribution is -2.44. The summed E-state index contributed by atoms with van der Waals surface area (Å²) in [5.74, 6) is -0.741. The normalized spacial score (nSPS) is 12.3. The summed E-state index contributed by atoms with van der Waals surface area (Å²) in [4.78, 5) is 28.4. The molecule has 1 atom stereocenters. The molecule has 0 aliphatic rings. The molecular formula is C12H18N2O3S. The number of nitrogens with zero attached hydrogens (tertiary/aromatic N) is 1. The van der Waals surface area contributed by atoms with Crippen molar-refractivity contribution in [3.8, 4) is 0 Å². The Kier molecular flexibility index (Phi) is 4.84. The van der Waals surface area contributed by atoms with E-state index in [1.165, 1.54) is 18.4 Å². The van der Waals surface area contributed by atoms with Gasteiger partial charge in [-0.2, -0.15) is 0 Å². The molecular weight excluding hydrogens is 252 g/mol. The number of amides is 1. The summed E-state index contributed by atoms with van der Waals surface area (Å²) in [6.07, 6.45) is 0. The van der Waals surface area contributed by atoms with Gasteiger partial charge in [0.1, 0.15) is 10.9 Å². The van der Waals surface area contributed by atoms with Crippen LogP contribution in [0.2, 0.25) is 0 Å². The van der Waals surface area contributed by atoms with E-state index in [9.17, 15) is 9.59 Å². The van der Waals surface area contributed by atoms with Gasteiger partial charge in [0.05, 0.1) is 17.8 Å². The zero-order valence-corrected chi connectivity index (χ0v) is 12.1. The Hall–Kier alpha value is -1.43. The SMILES string of the molecule is COC(=O)C(NC(=O)c1sc(C)nc1C)C(C)C. The molecule has 0 aliphatic carbocycles. The lowest BCUT2D eigenvalue weighted by molar-refractivity contribution is -0.144.